The van der Waals surface area contributed by atoms with Crippen LogP contribution in [-0.2, 0) is 14.3 Å². The number of nitrogens with one attached hydrogen (secondary N) is 2. The lowest BCUT2D eigenvalue weighted by Crippen LogP contribution is -2.55. The van der Waals surface area contributed by atoms with Crippen LogP contribution < -0.4 is 15.4 Å². The second-order valence-corrected chi connectivity index (χ2v) is 8.94. The molecule has 0 aliphatic carbocycles. The van der Waals surface area contributed by atoms with Gasteiger partial charge in [-0.05, 0) is 57.7 Å². The van der Waals surface area contributed by atoms with Gasteiger partial charge in [-0.15, -0.1) is 0 Å². The molecule has 3 rings (SSSR count). The molecule has 2 fully saturated rings. The second-order valence-electron chi connectivity index (χ2n) is 8.94. The molecule has 32 heavy (non-hydrogen) atoms. The van der Waals surface area contributed by atoms with Crippen LogP contribution in [0.3, 0.4) is 0 Å². The highest BCUT2D eigenvalue weighted by atomic mass is 16.5. The van der Waals surface area contributed by atoms with E-state index in [2.05, 4.69) is 10.6 Å². The molecule has 2 atom stereocenters. The molecule has 176 valence electrons. The van der Waals surface area contributed by atoms with Gasteiger partial charge in [0.2, 0.25) is 11.8 Å². The third-order valence-corrected chi connectivity index (χ3v) is 6.50. The lowest BCUT2D eigenvalue weighted by Gasteiger charge is -2.41. The fourth-order valence-corrected chi connectivity index (χ4v) is 4.42. The number of ether oxygens (including phenoxy) is 2. The summed E-state index contributed by atoms with van der Waals surface area (Å²) in [7, 11) is 1.57. The first-order chi connectivity index (χ1) is 15.3. The van der Waals surface area contributed by atoms with Crippen molar-refractivity contribution in [3.63, 3.8) is 0 Å². The number of methoxy groups -OCH3 is 1. The Labute approximate surface area is 190 Å². The maximum atomic E-state index is 13.3. The molecule has 3 amide bonds. The Morgan fingerprint density at radius 3 is 2.59 bits per heavy atom. The molecule has 1 spiro atoms. The number of amides is 3. The largest absolute Gasteiger partial charge is 0.497 e. The Kier molecular flexibility index (Phi) is 8.12. The van der Waals surface area contributed by atoms with Gasteiger partial charge < -0.3 is 25.0 Å². The highest BCUT2D eigenvalue weighted by Crippen LogP contribution is 2.37. The molecule has 1 aromatic rings. The average Bonchev–Trinajstić information content (AvgIpc) is 2.81. The molecule has 2 heterocycles. The van der Waals surface area contributed by atoms with Gasteiger partial charge in [-0.25, -0.2) is 0 Å². The fraction of sp³-hybridized carbons (Fsp3) is 0.625. The zero-order chi connectivity index (χ0) is 23.1. The molecule has 8 heteroatoms. The van der Waals surface area contributed by atoms with E-state index >= 15 is 0 Å². The number of rotatable bonds is 2. The van der Waals surface area contributed by atoms with E-state index in [1.165, 1.54) is 0 Å². The molecule has 8 nitrogen and oxygen atoms in total. The zero-order valence-electron chi connectivity index (χ0n) is 19.3. The van der Waals surface area contributed by atoms with Crippen molar-refractivity contribution in [2.75, 3.05) is 33.4 Å². The van der Waals surface area contributed by atoms with Gasteiger partial charge in [0.1, 0.15) is 11.8 Å². The van der Waals surface area contributed by atoms with Gasteiger partial charge in [0.15, 0.2) is 0 Å². The highest BCUT2D eigenvalue weighted by Gasteiger charge is 2.42. The van der Waals surface area contributed by atoms with E-state index in [4.69, 9.17) is 9.47 Å². The second kappa shape index (κ2) is 10.8. The number of hydrogen-bond donors (Lipinski definition) is 2. The smallest absolute Gasteiger partial charge is 0.253 e. The van der Waals surface area contributed by atoms with Crippen molar-refractivity contribution in [1.29, 1.82) is 0 Å². The van der Waals surface area contributed by atoms with E-state index in [0.717, 1.165) is 12.8 Å². The van der Waals surface area contributed by atoms with Crippen LogP contribution in [0.15, 0.2) is 24.3 Å². The maximum Gasteiger partial charge on any atom is 0.253 e. The number of piperidine rings is 1. The number of likely N-dealkylation sites (tertiary alicyclic amines) is 1. The van der Waals surface area contributed by atoms with E-state index in [1.807, 2.05) is 6.92 Å². The average molecular weight is 446 g/mol. The molecule has 2 aliphatic heterocycles. The molecule has 2 saturated heterocycles. The van der Waals surface area contributed by atoms with Gasteiger partial charge >= 0.3 is 0 Å². The summed E-state index contributed by atoms with van der Waals surface area (Å²) in [5.41, 5.74) is -0.00409. The lowest BCUT2D eigenvalue weighted by atomic mass is 9.73. The molecule has 0 saturated carbocycles. The highest BCUT2D eigenvalue weighted by molar-refractivity contribution is 5.95. The van der Waals surface area contributed by atoms with Gasteiger partial charge in [-0.3, -0.25) is 14.4 Å². The van der Waals surface area contributed by atoms with Crippen LogP contribution in [0.2, 0.25) is 0 Å². The predicted molar refractivity (Wildman–Crippen MR) is 120 cm³/mol. The standard InChI is InChI=1S/C24H35N3O5/c1-17-16-32-14-5-4-9-24(23(30)26-18(2)21(28)25-17)10-12-27(13-11-24)22(29)19-7-6-8-20(15-19)31-3/h6-8,15,17-18H,4-5,9-14,16H2,1-3H3,(H,25,28)(H,26,30)/t17-,18-/m0/s1. The van der Waals surface area contributed by atoms with Crippen LogP contribution in [0.25, 0.3) is 0 Å². The molecule has 0 unspecified atom stereocenters. The van der Waals surface area contributed by atoms with Crippen molar-refractivity contribution in [2.45, 2.75) is 58.0 Å². The molecule has 2 aliphatic rings. The fourth-order valence-electron chi connectivity index (χ4n) is 4.42. The maximum absolute atomic E-state index is 13.3. The van der Waals surface area contributed by atoms with Gasteiger partial charge in [-0.1, -0.05) is 12.5 Å². The van der Waals surface area contributed by atoms with E-state index < -0.39 is 11.5 Å². The van der Waals surface area contributed by atoms with Gasteiger partial charge in [-0.2, -0.15) is 0 Å². The van der Waals surface area contributed by atoms with Crippen LogP contribution in [0.4, 0.5) is 0 Å². The Morgan fingerprint density at radius 2 is 1.88 bits per heavy atom. The monoisotopic (exact) mass is 445 g/mol. The molecular formula is C24H35N3O5. The van der Waals surface area contributed by atoms with E-state index in [-0.39, 0.29) is 23.8 Å². The lowest BCUT2D eigenvalue weighted by molar-refractivity contribution is -0.137. The van der Waals surface area contributed by atoms with Gasteiger partial charge in [0, 0.05) is 31.3 Å². The zero-order valence-corrected chi connectivity index (χ0v) is 19.3. The normalized spacial score (nSPS) is 25.0. The number of benzene rings is 1. The topological polar surface area (TPSA) is 97.0 Å². The third kappa shape index (κ3) is 5.79. The number of carbonyl (C=O) groups excluding carboxylic acids is 3. The van der Waals surface area contributed by atoms with E-state index in [1.54, 1.807) is 43.2 Å². The summed E-state index contributed by atoms with van der Waals surface area (Å²) >= 11 is 0. The van der Waals surface area contributed by atoms with Crippen LogP contribution in [0.1, 0.15) is 56.3 Å². The van der Waals surface area contributed by atoms with E-state index in [0.29, 0.717) is 56.9 Å². The van der Waals surface area contributed by atoms with Crippen LogP contribution >= 0.6 is 0 Å². The van der Waals surface area contributed by atoms with Gasteiger partial charge in [0.05, 0.1) is 19.1 Å². The first-order valence-electron chi connectivity index (χ1n) is 11.5. The van der Waals surface area contributed by atoms with Crippen molar-refractivity contribution in [3.8, 4) is 5.75 Å². The Balaban J connectivity index is 1.70. The quantitative estimate of drug-likeness (QED) is 0.727. The first kappa shape index (κ1) is 24.0. The minimum atomic E-state index is -0.626. The summed E-state index contributed by atoms with van der Waals surface area (Å²) in [4.78, 5) is 40.6. The third-order valence-electron chi connectivity index (χ3n) is 6.50. The van der Waals surface area contributed by atoms with E-state index in [9.17, 15) is 14.4 Å². The summed E-state index contributed by atoms with van der Waals surface area (Å²) in [5.74, 6) is 0.276. The summed E-state index contributed by atoms with van der Waals surface area (Å²) < 4.78 is 10.9. The van der Waals surface area contributed by atoms with Crippen molar-refractivity contribution >= 4 is 17.7 Å². The number of carbonyl (C=O) groups is 3. The summed E-state index contributed by atoms with van der Waals surface area (Å²) in [6.07, 6.45) is 3.58. The van der Waals surface area contributed by atoms with Crippen molar-refractivity contribution in [3.05, 3.63) is 29.8 Å². The minimum Gasteiger partial charge on any atom is -0.497 e. The first-order valence-corrected chi connectivity index (χ1v) is 11.5. The molecular weight excluding hydrogens is 410 g/mol. The van der Waals surface area contributed by atoms with Crippen molar-refractivity contribution in [2.24, 2.45) is 5.41 Å². The van der Waals surface area contributed by atoms with Gasteiger partial charge in [0.25, 0.3) is 5.91 Å². The molecule has 1 aromatic carbocycles. The molecule has 0 bridgehead atoms. The Bertz CT molecular complexity index is 820. The summed E-state index contributed by atoms with van der Waals surface area (Å²) in [6.45, 7) is 5.65. The summed E-state index contributed by atoms with van der Waals surface area (Å²) in [5, 5.41) is 5.82. The Morgan fingerprint density at radius 1 is 1.12 bits per heavy atom. The summed E-state index contributed by atoms with van der Waals surface area (Å²) in [6, 6.07) is 6.39. The molecule has 2 N–H and O–H groups in total. The molecule has 0 radical (unpaired) electrons. The van der Waals surface area contributed by atoms with Crippen molar-refractivity contribution in [1.82, 2.24) is 15.5 Å². The predicted octanol–water partition coefficient (Wildman–Crippen LogP) is 2.13. The molecule has 0 aromatic heterocycles. The number of nitrogens with zero attached hydrogens (tertiary/aromatic N) is 1. The van der Waals surface area contributed by atoms with Crippen LogP contribution in [0, 0.1) is 5.41 Å². The van der Waals surface area contributed by atoms with Crippen LogP contribution in [-0.4, -0.2) is 68.1 Å². The SMILES string of the molecule is COc1cccc(C(=O)N2CCC3(CCCCOC[C@H](C)NC(=O)[C@H](C)NC3=O)CC2)c1. The van der Waals surface area contributed by atoms with Crippen molar-refractivity contribution < 1.29 is 23.9 Å². The Hall–Kier alpha value is -2.61. The number of hydrogen-bond acceptors (Lipinski definition) is 5. The van der Waals surface area contributed by atoms with Crippen LogP contribution in [0.5, 0.6) is 5.75 Å². The minimum absolute atomic E-state index is 0.0565.